The molecule has 1 unspecified atom stereocenters. The topological polar surface area (TPSA) is 216 Å². The summed E-state index contributed by atoms with van der Waals surface area (Å²) < 4.78 is 29.6. The molecule has 15 heteroatoms. The number of esters is 2. The van der Waals surface area contributed by atoms with Gasteiger partial charge in [-0.25, -0.2) is 9.59 Å². The van der Waals surface area contributed by atoms with E-state index >= 15 is 4.79 Å². The first-order valence-corrected chi connectivity index (χ1v) is 18.8. The van der Waals surface area contributed by atoms with Crippen LogP contribution in [0.5, 0.6) is 0 Å². The van der Waals surface area contributed by atoms with Gasteiger partial charge in [-0.05, 0) is 64.7 Å². The number of ketones is 1. The smallest absolute Gasteiger partial charge is 0.407 e. The molecule has 10 atom stereocenters. The quantitative estimate of drug-likeness (QED) is 0.132. The highest BCUT2D eigenvalue weighted by atomic mass is 16.7. The molecule has 15 nitrogen and oxygen atoms in total. The van der Waals surface area contributed by atoms with Crippen LogP contribution in [0.15, 0.2) is 41.5 Å². The van der Waals surface area contributed by atoms with Gasteiger partial charge < -0.3 is 49.6 Å². The summed E-state index contributed by atoms with van der Waals surface area (Å²) in [6.07, 6.45) is -7.79. The molecule has 5 N–H and O–H groups in total. The predicted molar refractivity (Wildman–Crippen MR) is 195 cm³/mol. The highest BCUT2D eigenvalue weighted by Gasteiger charge is 2.80. The second kappa shape index (κ2) is 14.9. The maximum absolute atomic E-state index is 15.0. The number of Topliss-reactive ketones (excluding diaryl/α,β-unsaturated/α-hetero) is 1. The first kappa shape index (κ1) is 42.3. The molecule has 0 spiro atoms. The van der Waals surface area contributed by atoms with Crippen LogP contribution in [-0.4, -0.2) is 112 Å². The third kappa shape index (κ3) is 7.41. The monoisotopic (exact) mass is 772 g/mol. The zero-order valence-electron chi connectivity index (χ0n) is 33.3. The normalized spacial score (nSPS) is 34.1. The van der Waals surface area contributed by atoms with Crippen molar-refractivity contribution in [2.75, 3.05) is 13.2 Å². The fourth-order valence-electron chi connectivity index (χ4n) is 8.92. The van der Waals surface area contributed by atoms with Gasteiger partial charge in [0, 0.05) is 25.3 Å². The third-order valence-corrected chi connectivity index (χ3v) is 11.6. The highest BCUT2D eigenvalue weighted by molar-refractivity contribution is 5.95. The SMILES string of the molecule is CC(=O)O[C@@]12CO[C@@H]1C[C@H](O)[C@@]1(C)C(=O)[C@@H]3O[C@](O)([C@@H](OC(=O)c4ccccc4)C12)C(C)(C)/C3=C(/C)CNC(=O)[C@H](O)[C@H](CC(C)C)NC(=O)OC(C)(C)C. The molecule has 5 rings (SSSR count). The lowest BCUT2D eigenvalue weighted by molar-refractivity contribution is -0.356. The third-order valence-electron chi connectivity index (χ3n) is 11.6. The Bertz CT molecular complexity index is 1720. The molecule has 4 fully saturated rings. The van der Waals surface area contributed by atoms with Crippen molar-refractivity contribution in [3.8, 4) is 0 Å². The molecule has 0 aromatic heterocycles. The van der Waals surface area contributed by atoms with Gasteiger partial charge in [-0.2, -0.15) is 0 Å². The van der Waals surface area contributed by atoms with Crippen LogP contribution in [0.4, 0.5) is 4.79 Å². The minimum Gasteiger partial charge on any atom is -0.453 e. The zero-order chi connectivity index (χ0) is 41.1. The van der Waals surface area contributed by atoms with Gasteiger partial charge in [0.1, 0.15) is 17.8 Å². The van der Waals surface area contributed by atoms with Crippen LogP contribution in [0, 0.1) is 22.7 Å². The van der Waals surface area contributed by atoms with Crippen LogP contribution >= 0.6 is 0 Å². The number of nitrogens with one attached hydrogen (secondary N) is 2. The second-order valence-electron chi connectivity index (χ2n) is 17.5. The molecule has 55 heavy (non-hydrogen) atoms. The number of aliphatic hydroxyl groups is 3. The summed E-state index contributed by atoms with van der Waals surface area (Å²) in [6.45, 7) is 16.0. The minimum atomic E-state index is -2.45. The molecule has 304 valence electrons. The number of benzene rings is 1. The van der Waals surface area contributed by atoms with Crippen molar-refractivity contribution in [1.82, 2.24) is 10.6 Å². The number of alkyl carbamates (subject to hydrolysis) is 1. The average Bonchev–Trinajstić information content (AvgIpc) is 3.26. The van der Waals surface area contributed by atoms with E-state index in [9.17, 15) is 34.5 Å². The number of carbonyl (C=O) groups excluding carboxylic acids is 5. The number of amides is 2. The van der Waals surface area contributed by atoms with Gasteiger partial charge in [0.15, 0.2) is 23.6 Å². The van der Waals surface area contributed by atoms with Gasteiger partial charge in [0.05, 0.1) is 35.6 Å². The van der Waals surface area contributed by atoms with Crippen molar-refractivity contribution < 1.29 is 63.0 Å². The fraction of sp³-hybridized carbons (Fsp3) is 0.675. The zero-order valence-corrected chi connectivity index (χ0v) is 33.3. The molecule has 1 saturated carbocycles. The van der Waals surface area contributed by atoms with Crippen LogP contribution in [-0.2, 0) is 38.1 Å². The Kier molecular flexibility index (Phi) is 11.4. The van der Waals surface area contributed by atoms with Crippen LogP contribution in [0.25, 0.3) is 0 Å². The molecule has 1 aliphatic carbocycles. The first-order chi connectivity index (χ1) is 25.4. The Balaban J connectivity index is 1.54. The van der Waals surface area contributed by atoms with E-state index in [1.807, 2.05) is 13.8 Å². The molecule has 2 amide bonds. The molecular formula is C40H56N2O13. The lowest BCUT2D eigenvalue weighted by Crippen LogP contribution is -2.79. The van der Waals surface area contributed by atoms with E-state index in [2.05, 4.69) is 10.6 Å². The second-order valence-corrected chi connectivity index (χ2v) is 17.5. The predicted octanol–water partition coefficient (Wildman–Crippen LogP) is 2.73. The molecule has 2 bridgehead atoms. The number of ether oxygens (including phenoxy) is 5. The summed E-state index contributed by atoms with van der Waals surface area (Å²) in [4.78, 5) is 67.6. The van der Waals surface area contributed by atoms with E-state index in [1.54, 1.807) is 59.7 Å². The van der Waals surface area contributed by atoms with Crippen molar-refractivity contribution in [3.63, 3.8) is 0 Å². The van der Waals surface area contributed by atoms with Gasteiger partial charge in [-0.3, -0.25) is 14.4 Å². The maximum Gasteiger partial charge on any atom is 0.407 e. The Hall–Kier alpha value is -3.89. The van der Waals surface area contributed by atoms with E-state index in [0.29, 0.717) is 5.57 Å². The first-order valence-electron chi connectivity index (χ1n) is 18.8. The maximum atomic E-state index is 15.0. The molecule has 3 heterocycles. The van der Waals surface area contributed by atoms with E-state index in [4.69, 9.17) is 23.7 Å². The van der Waals surface area contributed by atoms with Crippen LogP contribution < -0.4 is 10.6 Å². The van der Waals surface area contributed by atoms with Gasteiger partial charge in [-0.1, -0.05) is 51.5 Å². The molecule has 4 aliphatic rings. The minimum absolute atomic E-state index is 0.0105. The lowest BCUT2D eigenvalue weighted by atomic mass is 9.49. The van der Waals surface area contributed by atoms with E-state index < -0.39 is 100 Å². The van der Waals surface area contributed by atoms with Crippen molar-refractivity contribution >= 4 is 29.7 Å². The molecule has 0 radical (unpaired) electrons. The number of aliphatic hydroxyl groups excluding tert-OH is 2. The lowest BCUT2D eigenvalue weighted by Gasteiger charge is -2.63. The number of rotatable bonds is 10. The summed E-state index contributed by atoms with van der Waals surface area (Å²) in [5, 5.41) is 41.1. The molecule has 3 aliphatic heterocycles. The van der Waals surface area contributed by atoms with Crippen LogP contribution in [0.3, 0.4) is 0 Å². The Labute approximate surface area is 321 Å². The molecular weight excluding hydrogens is 716 g/mol. The van der Waals surface area contributed by atoms with Gasteiger partial charge in [0.2, 0.25) is 5.79 Å². The summed E-state index contributed by atoms with van der Waals surface area (Å²) >= 11 is 0. The Morgan fingerprint density at radius 3 is 2.24 bits per heavy atom. The highest BCUT2D eigenvalue weighted by Crippen LogP contribution is 2.65. The van der Waals surface area contributed by atoms with Crippen molar-refractivity contribution in [3.05, 3.63) is 47.0 Å². The summed E-state index contributed by atoms with van der Waals surface area (Å²) in [6, 6.07) is 7.02. The van der Waals surface area contributed by atoms with E-state index in [0.717, 1.165) is 0 Å². The van der Waals surface area contributed by atoms with Crippen molar-refractivity contribution in [2.45, 2.75) is 136 Å². The largest absolute Gasteiger partial charge is 0.453 e. The van der Waals surface area contributed by atoms with E-state index in [1.165, 1.54) is 26.0 Å². The number of hydrogen-bond acceptors (Lipinski definition) is 13. The number of carbonyl (C=O) groups is 5. The van der Waals surface area contributed by atoms with Crippen molar-refractivity contribution in [1.29, 1.82) is 0 Å². The molecule has 3 saturated heterocycles. The Morgan fingerprint density at radius 1 is 1.05 bits per heavy atom. The molecule has 1 aromatic rings. The molecule has 1 aromatic carbocycles. The number of fused-ring (bicyclic) bond motifs is 5. The van der Waals surface area contributed by atoms with Crippen LogP contribution in [0.2, 0.25) is 0 Å². The summed E-state index contributed by atoms with van der Waals surface area (Å²) in [7, 11) is 0. The van der Waals surface area contributed by atoms with Crippen LogP contribution in [0.1, 0.15) is 92.4 Å². The fourth-order valence-corrected chi connectivity index (χ4v) is 8.92. The Morgan fingerprint density at radius 2 is 1.69 bits per heavy atom. The standard InChI is InChI=1S/C40H56N2O13/c1-20(2)16-24(42-35(49)55-36(5,6)7)28(45)33(47)41-18-21(3)27-29-31(46)38(10)25(44)17-26-39(19-51-26,53-22(4)43)30(38)32(40(50,54-29)37(27,8)9)52-34(48)23-14-12-11-13-15-23/h11-15,20,24-26,28-30,32,44-45,50H,16-19H2,1-10H3,(H,41,47)(H,42,49)/b27-21-/t24-,25-,26+,28+,29+,30?,32-,38+,39-,40+/m0/s1. The number of hydrogen-bond donors (Lipinski definition) is 5. The van der Waals surface area contributed by atoms with Gasteiger partial charge >= 0.3 is 18.0 Å². The van der Waals surface area contributed by atoms with Gasteiger partial charge in [0.25, 0.3) is 5.91 Å². The summed E-state index contributed by atoms with van der Waals surface area (Å²) in [5.41, 5.74) is -4.91. The average molecular weight is 773 g/mol. The van der Waals surface area contributed by atoms with Crippen molar-refractivity contribution in [2.24, 2.45) is 22.7 Å². The van der Waals surface area contributed by atoms with E-state index in [-0.39, 0.29) is 43.0 Å². The summed E-state index contributed by atoms with van der Waals surface area (Å²) in [5.74, 6) is -6.80. The van der Waals surface area contributed by atoms with Gasteiger partial charge in [-0.15, -0.1) is 0 Å².